The Kier molecular flexibility index (Phi) is 11.2. The van der Waals surface area contributed by atoms with Crippen molar-refractivity contribution in [2.75, 3.05) is 45.2 Å². The van der Waals surface area contributed by atoms with Gasteiger partial charge in [-0.2, -0.15) is 9.97 Å². The van der Waals surface area contributed by atoms with Gasteiger partial charge in [-0.15, -0.1) is 0 Å². The van der Waals surface area contributed by atoms with Gasteiger partial charge in [-0.05, 0) is 19.8 Å². The predicted molar refractivity (Wildman–Crippen MR) is 122 cm³/mol. The van der Waals surface area contributed by atoms with Crippen LogP contribution in [0.2, 0.25) is 0 Å². The van der Waals surface area contributed by atoms with Crippen LogP contribution in [0.5, 0.6) is 5.88 Å². The van der Waals surface area contributed by atoms with Crippen molar-refractivity contribution < 1.29 is 37.4 Å². The zero-order valence-electron chi connectivity index (χ0n) is 19.0. The molecule has 188 valence electrons. The highest BCUT2D eigenvalue weighted by Crippen LogP contribution is 2.52. The Labute approximate surface area is 192 Å². The fourth-order valence-electron chi connectivity index (χ4n) is 3.15. The molecule has 13 nitrogen and oxygen atoms in total. The van der Waals surface area contributed by atoms with Crippen LogP contribution in [-0.2, 0) is 29.5 Å². The van der Waals surface area contributed by atoms with Gasteiger partial charge in [0.2, 0.25) is 19.2 Å². The SMILES string of the molecule is CCOP(=O)(CCCCCCCn1cnc2c(OCCOC)nc(N)nc21)COP(=O)(O)O. The third kappa shape index (κ3) is 9.66. The predicted octanol–water partition coefficient (Wildman–Crippen LogP) is 2.77. The summed E-state index contributed by atoms with van der Waals surface area (Å²) < 4.78 is 45.6. The van der Waals surface area contributed by atoms with Crippen LogP contribution in [0.25, 0.3) is 11.2 Å². The topological polar surface area (TPSA) is 181 Å². The normalized spacial score (nSPS) is 13.9. The van der Waals surface area contributed by atoms with Gasteiger partial charge in [0.15, 0.2) is 11.2 Å². The molecule has 0 aromatic carbocycles. The molecule has 0 saturated heterocycles. The molecule has 0 fully saturated rings. The molecule has 0 radical (unpaired) electrons. The number of hydrogen-bond donors (Lipinski definition) is 3. The number of hydrogen-bond acceptors (Lipinski definition) is 10. The van der Waals surface area contributed by atoms with Crippen molar-refractivity contribution in [1.29, 1.82) is 0 Å². The monoisotopic (exact) mass is 509 g/mol. The van der Waals surface area contributed by atoms with Crippen LogP contribution in [0.1, 0.15) is 39.0 Å². The average molecular weight is 509 g/mol. The first-order chi connectivity index (χ1) is 15.7. The molecule has 0 aliphatic heterocycles. The van der Waals surface area contributed by atoms with E-state index in [0.717, 1.165) is 25.7 Å². The lowest BCUT2D eigenvalue weighted by atomic mass is 10.1. The van der Waals surface area contributed by atoms with Gasteiger partial charge in [0.05, 0.1) is 19.5 Å². The first-order valence-electron chi connectivity index (χ1n) is 10.7. The maximum absolute atomic E-state index is 12.6. The van der Waals surface area contributed by atoms with E-state index >= 15 is 0 Å². The summed E-state index contributed by atoms with van der Waals surface area (Å²) in [5, 5.41) is 0. The molecule has 0 aliphatic carbocycles. The summed E-state index contributed by atoms with van der Waals surface area (Å²) in [6, 6.07) is 0. The zero-order valence-corrected chi connectivity index (χ0v) is 20.7. The molecule has 1 atom stereocenters. The fraction of sp³-hybridized carbons (Fsp3) is 0.722. The van der Waals surface area contributed by atoms with Crippen molar-refractivity contribution in [1.82, 2.24) is 19.5 Å². The van der Waals surface area contributed by atoms with E-state index < -0.39 is 21.5 Å². The molecule has 2 heterocycles. The lowest BCUT2D eigenvalue weighted by molar-refractivity contribution is 0.144. The quantitative estimate of drug-likeness (QED) is 0.210. The lowest BCUT2D eigenvalue weighted by Crippen LogP contribution is -2.08. The number of nitrogens with two attached hydrogens (primary N) is 1. The fourth-order valence-corrected chi connectivity index (χ4v) is 5.96. The average Bonchev–Trinajstić information content (AvgIpc) is 3.14. The Morgan fingerprint density at radius 2 is 1.79 bits per heavy atom. The van der Waals surface area contributed by atoms with Crippen molar-refractivity contribution in [3.05, 3.63) is 6.33 Å². The molecule has 15 heteroatoms. The number of methoxy groups -OCH3 is 1. The maximum Gasteiger partial charge on any atom is 0.470 e. The van der Waals surface area contributed by atoms with E-state index in [1.54, 1.807) is 20.4 Å². The van der Waals surface area contributed by atoms with Gasteiger partial charge < -0.3 is 34.1 Å². The maximum atomic E-state index is 12.6. The number of ether oxygens (including phenoxy) is 2. The summed E-state index contributed by atoms with van der Waals surface area (Å²) in [6.45, 7) is 3.31. The number of fused-ring (bicyclic) bond motifs is 1. The molecule has 2 rings (SSSR count). The number of phosphoric ester groups is 1. The van der Waals surface area contributed by atoms with Crippen molar-refractivity contribution in [2.24, 2.45) is 0 Å². The van der Waals surface area contributed by atoms with E-state index in [4.69, 9.17) is 29.5 Å². The molecule has 0 saturated carbocycles. The largest absolute Gasteiger partial charge is 0.474 e. The molecule has 4 N–H and O–H groups in total. The number of anilines is 1. The third-order valence-electron chi connectivity index (χ3n) is 4.66. The Balaban J connectivity index is 1.77. The van der Waals surface area contributed by atoms with Crippen LogP contribution in [0.3, 0.4) is 0 Å². The number of rotatable bonds is 17. The minimum atomic E-state index is -4.69. The Bertz CT molecular complexity index is 967. The smallest absolute Gasteiger partial charge is 0.470 e. The second-order valence-corrected chi connectivity index (χ2v) is 11.1. The molecule has 2 aromatic rings. The van der Waals surface area contributed by atoms with E-state index in [-0.39, 0.29) is 18.7 Å². The van der Waals surface area contributed by atoms with Crippen molar-refractivity contribution in [3.63, 3.8) is 0 Å². The Morgan fingerprint density at radius 3 is 2.48 bits per heavy atom. The van der Waals surface area contributed by atoms with E-state index in [0.29, 0.717) is 43.2 Å². The van der Waals surface area contributed by atoms with Crippen LogP contribution in [0.4, 0.5) is 5.95 Å². The number of unbranched alkanes of at least 4 members (excludes halogenated alkanes) is 4. The van der Waals surface area contributed by atoms with Gasteiger partial charge in [0.25, 0.3) is 0 Å². The van der Waals surface area contributed by atoms with E-state index in [1.165, 1.54) is 0 Å². The van der Waals surface area contributed by atoms with Crippen molar-refractivity contribution >= 4 is 32.3 Å². The van der Waals surface area contributed by atoms with Gasteiger partial charge >= 0.3 is 7.82 Å². The number of nitrogen functional groups attached to an aromatic ring is 1. The van der Waals surface area contributed by atoms with Gasteiger partial charge in [-0.25, -0.2) is 9.55 Å². The standard InChI is InChI=1S/C18H33N5O8P2/c1-3-30-32(24,14-31-33(25,26)27)12-8-6-4-5-7-9-23-13-20-15-16(23)21-18(19)22-17(15)29-11-10-28-2/h13H,3-12,14H2,1-2H3,(H2,19,21,22)(H2,25,26,27). The molecule has 2 aromatic heterocycles. The third-order valence-corrected chi connectivity index (χ3v) is 7.58. The van der Waals surface area contributed by atoms with Crippen LogP contribution in [0.15, 0.2) is 6.33 Å². The highest BCUT2D eigenvalue weighted by atomic mass is 31.2. The lowest BCUT2D eigenvalue weighted by Gasteiger charge is -2.18. The zero-order chi connectivity index (χ0) is 24.3. The minimum Gasteiger partial charge on any atom is -0.474 e. The van der Waals surface area contributed by atoms with Crippen LogP contribution in [0, 0.1) is 0 Å². The number of imidazole rings is 1. The Morgan fingerprint density at radius 1 is 1.06 bits per heavy atom. The molecule has 0 aliphatic rings. The summed E-state index contributed by atoms with van der Waals surface area (Å²) in [6.07, 6.45) is 5.44. The number of phosphoric acid groups is 1. The Hall–Kier alpha value is -1.59. The van der Waals surface area contributed by atoms with E-state index in [9.17, 15) is 9.13 Å². The van der Waals surface area contributed by atoms with E-state index in [2.05, 4.69) is 19.5 Å². The van der Waals surface area contributed by atoms with Crippen LogP contribution < -0.4 is 10.5 Å². The second kappa shape index (κ2) is 13.3. The van der Waals surface area contributed by atoms with Gasteiger partial charge in [-0.3, -0.25) is 9.09 Å². The summed E-state index contributed by atoms with van der Waals surface area (Å²) in [7, 11) is -6.33. The first kappa shape index (κ1) is 27.7. The molecular weight excluding hydrogens is 476 g/mol. The summed E-state index contributed by atoms with van der Waals surface area (Å²) in [5.41, 5.74) is 6.96. The first-order valence-corrected chi connectivity index (χ1v) is 14.2. The van der Waals surface area contributed by atoms with E-state index in [1.807, 2.05) is 4.57 Å². The van der Waals surface area contributed by atoms with Crippen molar-refractivity contribution in [3.8, 4) is 5.88 Å². The number of aromatic nitrogens is 4. The van der Waals surface area contributed by atoms with Crippen molar-refractivity contribution in [2.45, 2.75) is 45.6 Å². The molecule has 1 unspecified atom stereocenters. The second-order valence-electron chi connectivity index (χ2n) is 7.31. The number of aryl methyl sites for hydroxylation is 1. The summed E-state index contributed by atoms with van der Waals surface area (Å²) >= 11 is 0. The molecular formula is C18H33N5O8P2. The highest BCUT2D eigenvalue weighted by Gasteiger charge is 2.27. The number of nitrogens with zero attached hydrogens (tertiary/aromatic N) is 4. The molecule has 33 heavy (non-hydrogen) atoms. The van der Waals surface area contributed by atoms with Gasteiger partial charge in [0.1, 0.15) is 13.0 Å². The van der Waals surface area contributed by atoms with Crippen LogP contribution >= 0.6 is 15.2 Å². The molecule has 0 amide bonds. The minimum absolute atomic E-state index is 0.109. The van der Waals surface area contributed by atoms with Gasteiger partial charge in [0, 0.05) is 19.8 Å². The van der Waals surface area contributed by atoms with Crippen LogP contribution in [-0.4, -0.2) is 68.7 Å². The van der Waals surface area contributed by atoms with Gasteiger partial charge in [-0.1, -0.05) is 19.3 Å². The summed E-state index contributed by atoms with van der Waals surface area (Å²) in [5.74, 6) is 0.438. The highest BCUT2D eigenvalue weighted by molar-refractivity contribution is 7.59. The summed E-state index contributed by atoms with van der Waals surface area (Å²) in [4.78, 5) is 30.4. The molecule has 0 spiro atoms. The molecule has 0 bridgehead atoms.